The van der Waals surface area contributed by atoms with Crippen LogP contribution in [0.2, 0.25) is 0 Å². The van der Waals surface area contributed by atoms with Crippen molar-refractivity contribution in [2.75, 3.05) is 0 Å². The minimum Gasteiger partial charge on any atom is -0.469 e. The van der Waals surface area contributed by atoms with Gasteiger partial charge in [-0.2, -0.15) is 0 Å². The Morgan fingerprint density at radius 2 is 1.03 bits per heavy atom. The quantitative estimate of drug-likeness (QED) is 0.123. The van der Waals surface area contributed by atoms with Crippen LogP contribution in [-0.2, 0) is 6.42 Å². The molecule has 0 aliphatic carbocycles. The average Bonchev–Trinajstić information content (AvgIpc) is 3.59. The summed E-state index contributed by atoms with van der Waals surface area (Å²) in [6, 6.07) is 7.57. The van der Waals surface area contributed by atoms with Gasteiger partial charge >= 0.3 is 0 Å². The number of carbonyl (C=O) groups is 1. The molecule has 0 radical (unpaired) electrons. The van der Waals surface area contributed by atoms with Crippen LogP contribution in [0, 0.1) is 0 Å². The normalized spacial score (nSPS) is 10.8. The minimum absolute atomic E-state index is 0.142. The van der Waals surface area contributed by atoms with Crippen LogP contribution < -0.4 is 0 Å². The average molecular weight is 487 g/mol. The first-order valence-electron chi connectivity index (χ1n) is 14.9. The lowest BCUT2D eigenvalue weighted by Crippen LogP contribution is -1.96. The molecule has 0 saturated carbocycles. The molecule has 0 amide bonds. The van der Waals surface area contributed by atoms with Crippen LogP contribution in [0.15, 0.2) is 45.6 Å². The summed E-state index contributed by atoms with van der Waals surface area (Å²) in [7, 11) is 0. The van der Waals surface area contributed by atoms with Gasteiger partial charge in [-0.3, -0.25) is 4.79 Å². The summed E-state index contributed by atoms with van der Waals surface area (Å²) in [5.41, 5.74) is 0. The van der Waals surface area contributed by atoms with Gasteiger partial charge in [-0.05, 0) is 37.1 Å². The van der Waals surface area contributed by atoms with E-state index in [1.54, 1.807) is 24.7 Å². The van der Waals surface area contributed by atoms with Gasteiger partial charge in [0.1, 0.15) is 5.76 Å². The van der Waals surface area contributed by atoms with Crippen molar-refractivity contribution in [2.45, 2.75) is 149 Å². The fourth-order valence-corrected chi connectivity index (χ4v) is 4.40. The van der Waals surface area contributed by atoms with Crippen LogP contribution in [0.4, 0.5) is 0 Å². The van der Waals surface area contributed by atoms with Crippen molar-refractivity contribution in [1.82, 2.24) is 0 Å². The van der Waals surface area contributed by atoms with Gasteiger partial charge in [0.25, 0.3) is 0 Å². The van der Waals surface area contributed by atoms with E-state index in [0.29, 0.717) is 12.2 Å². The predicted molar refractivity (Wildman–Crippen MR) is 149 cm³/mol. The Balaban J connectivity index is 0.000000351. The Morgan fingerprint density at radius 3 is 1.49 bits per heavy atom. The molecule has 2 rings (SSSR count). The highest BCUT2D eigenvalue weighted by molar-refractivity contribution is 5.93. The Labute approximate surface area is 216 Å². The van der Waals surface area contributed by atoms with E-state index in [4.69, 9.17) is 8.83 Å². The van der Waals surface area contributed by atoms with E-state index in [0.717, 1.165) is 18.6 Å². The van der Waals surface area contributed by atoms with E-state index < -0.39 is 0 Å². The molecule has 3 nitrogen and oxygen atoms in total. The number of hydrogen-bond donors (Lipinski definition) is 0. The van der Waals surface area contributed by atoms with Gasteiger partial charge in [-0.15, -0.1) is 0 Å². The van der Waals surface area contributed by atoms with Gasteiger partial charge in [0.2, 0.25) is 0 Å². The molecule has 0 aliphatic rings. The molecule has 0 bridgehead atoms. The Hall–Kier alpha value is -1.77. The first-order chi connectivity index (χ1) is 17.3. The number of rotatable bonds is 22. The van der Waals surface area contributed by atoms with Crippen LogP contribution in [0.1, 0.15) is 159 Å². The number of unbranched alkanes of at least 4 members (excludes halogenated alkanes) is 17. The van der Waals surface area contributed by atoms with E-state index in [-0.39, 0.29) is 5.78 Å². The predicted octanol–water partition coefficient (Wildman–Crippen LogP) is 11.1. The van der Waals surface area contributed by atoms with Crippen molar-refractivity contribution < 1.29 is 13.6 Å². The third-order valence-electron chi connectivity index (χ3n) is 6.66. The van der Waals surface area contributed by atoms with Gasteiger partial charge in [0.05, 0.1) is 12.5 Å². The molecule has 35 heavy (non-hydrogen) atoms. The molecule has 0 unspecified atom stereocenters. The molecule has 0 fully saturated rings. The molecule has 2 aromatic heterocycles. The summed E-state index contributed by atoms with van der Waals surface area (Å²) in [5.74, 6) is 1.79. The van der Waals surface area contributed by atoms with Crippen molar-refractivity contribution in [3.05, 3.63) is 48.3 Å². The number of carbonyl (C=O) groups excluding carboxylic acids is 1. The third kappa shape index (κ3) is 19.1. The summed E-state index contributed by atoms with van der Waals surface area (Å²) in [4.78, 5) is 11.6. The monoisotopic (exact) mass is 486 g/mol. The first-order valence-corrected chi connectivity index (χ1v) is 14.9. The Bertz CT molecular complexity index is 657. The number of ketones is 1. The molecule has 0 aliphatic heterocycles. The van der Waals surface area contributed by atoms with Gasteiger partial charge in [-0.1, -0.05) is 123 Å². The van der Waals surface area contributed by atoms with Crippen molar-refractivity contribution in [3.8, 4) is 0 Å². The zero-order valence-electron chi connectivity index (χ0n) is 23.0. The van der Waals surface area contributed by atoms with Crippen LogP contribution >= 0.6 is 0 Å². The molecule has 0 N–H and O–H groups in total. The zero-order chi connectivity index (χ0) is 25.2. The van der Waals surface area contributed by atoms with Crippen molar-refractivity contribution in [3.63, 3.8) is 0 Å². The maximum atomic E-state index is 11.6. The first kappa shape index (κ1) is 31.3. The lowest BCUT2D eigenvalue weighted by atomic mass is 10.1. The largest absolute Gasteiger partial charge is 0.469 e. The summed E-state index contributed by atoms with van der Waals surface area (Å²) < 4.78 is 10.4. The van der Waals surface area contributed by atoms with Gasteiger partial charge in [-0.25, -0.2) is 0 Å². The molecule has 0 spiro atoms. The lowest BCUT2D eigenvalue weighted by molar-refractivity contribution is 0.0952. The highest BCUT2D eigenvalue weighted by Crippen LogP contribution is 2.14. The molecule has 0 atom stereocenters. The number of Topliss-reactive ketones (excluding diaryl/α,β-unsaturated/α-hetero) is 1. The fourth-order valence-electron chi connectivity index (χ4n) is 4.40. The summed E-state index contributed by atoms with van der Waals surface area (Å²) >= 11 is 0. The highest BCUT2D eigenvalue weighted by atomic mass is 16.3. The molecular formula is C32H54O3. The number of furan rings is 2. The Kier molecular flexibility index (Phi) is 21.4. The SMILES string of the molecule is CCCCCCCCCCCC(=O)c1ccco1.CCCCCCCCCCCCc1ccco1. The zero-order valence-corrected chi connectivity index (χ0v) is 23.0. The smallest absolute Gasteiger partial charge is 0.197 e. The molecule has 2 aromatic rings. The maximum Gasteiger partial charge on any atom is 0.197 e. The fraction of sp³-hybridized carbons (Fsp3) is 0.719. The molecule has 3 heteroatoms. The van der Waals surface area contributed by atoms with Crippen LogP contribution in [-0.4, -0.2) is 5.78 Å². The van der Waals surface area contributed by atoms with E-state index in [2.05, 4.69) is 19.9 Å². The van der Waals surface area contributed by atoms with E-state index in [9.17, 15) is 4.79 Å². The van der Waals surface area contributed by atoms with Gasteiger partial charge in [0, 0.05) is 12.8 Å². The molecule has 0 aromatic carbocycles. The topological polar surface area (TPSA) is 43.4 Å². The second-order valence-electron chi connectivity index (χ2n) is 9.99. The van der Waals surface area contributed by atoms with Crippen LogP contribution in [0.5, 0.6) is 0 Å². The third-order valence-corrected chi connectivity index (χ3v) is 6.66. The van der Waals surface area contributed by atoms with E-state index >= 15 is 0 Å². The highest BCUT2D eigenvalue weighted by Gasteiger charge is 2.07. The van der Waals surface area contributed by atoms with Crippen LogP contribution in [0.3, 0.4) is 0 Å². The second-order valence-corrected chi connectivity index (χ2v) is 9.99. The maximum absolute atomic E-state index is 11.6. The number of hydrogen-bond acceptors (Lipinski definition) is 3. The molecule has 2 heterocycles. The molecule has 200 valence electrons. The van der Waals surface area contributed by atoms with Crippen molar-refractivity contribution in [2.24, 2.45) is 0 Å². The van der Waals surface area contributed by atoms with Gasteiger partial charge in [0.15, 0.2) is 11.5 Å². The minimum atomic E-state index is 0.142. The van der Waals surface area contributed by atoms with E-state index in [1.165, 1.54) is 116 Å². The Morgan fingerprint density at radius 1 is 0.571 bits per heavy atom. The summed E-state index contributed by atoms with van der Waals surface area (Å²) in [5, 5.41) is 0. The molecule has 0 saturated heterocycles. The second kappa shape index (κ2) is 23.9. The standard InChI is InChI=1S/C16H26O2.C16H28O/c1-2-3-4-5-6-7-8-9-10-12-15(17)16-13-11-14-18-16;1-2-3-4-5-6-7-8-9-10-11-13-16-14-12-15-17-16/h11,13-14H,2-10,12H2,1H3;12,14-15H,2-11,13H2,1H3. The van der Waals surface area contributed by atoms with Crippen LogP contribution in [0.25, 0.3) is 0 Å². The van der Waals surface area contributed by atoms with E-state index in [1.807, 2.05) is 6.07 Å². The van der Waals surface area contributed by atoms with Crippen molar-refractivity contribution in [1.29, 1.82) is 0 Å². The summed E-state index contributed by atoms with van der Waals surface area (Å²) in [6.45, 7) is 4.52. The summed E-state index contributed by atoms with van der Waals surface area (Å²) in [6.07, 6.45) is 30.6. The van der Waals surface area contributed by atoms with Gasteiger partial charge < -0.3 is 8.83 Å². The number of aryl methyl sites for hydroxylation is 1. The lowest BCUT2D eigenvalue weighted by Gasteiger charge is -2.01. The molecular weight excluding hydrogens is 432 g/mol. The van der Waals surface area contributed by atoms with Crippen molar-refractivity contribution >= 4 is 5.78 Å².